The summed E-state index contributed by atoms with van der Waals surface area (Å²) >= 11 is 0. The molecule has 3 nitrogen and oxygen atoms in total. The van der Waals surface area contributed by atoms with Crippen LogP contribution in [0.15, 0.2) is 0 Å². The molecule has 1 aliphatic heterocycles. The minimum Gasteiger partial charge on any atom is -0.465 e. The molecule has 1 unspecified atom stereocenters. The van der Waals surface area contributed by atoms with Crippen molar-refractivity contribution < 1.29 is 9.53 Å². The Hall–Kier alpha value is -1.01. The van der Waals surface area contributed by atoms with E-state index in [0.29, 0.717) is 19.1 Å². The topological polar surface area (TPSA) is 29.5 Å². The Balaban J connectivity index is 1.84. The second-order valence-electron chi connectivity index (χ2n) is 5.56. The van der Waals surface area contributed by atoms with Gasteiger partial charge in [-0.2, -0.15) is 0 Å². The predicted molar refractivity (Wildman–Crippen MR) is 75.6 cm³/mol. The average Bonchev–Trinajstić information content (AvgIpc) is 2.85. The van der Waals surface area contributed by atoms with Crippen LogP contribution in [0.25, 0.3) is 0 Å². The van der Waals surface area contributed by atoms with Crippen LogP contribution in [-0.2, 0) is 9.53 Å². The van der Waals surface area contributed by atoms with E-state index in [9.17, 15) is 4.79 Å². The number of esters is 1. The zero-order chi connectivity index (χ0) is 13.5. The number of hydrogen-bond donors (Lipinski definition) is 0. The molecule has 0 N–H and O–H groups in total. The minimum atomic E-state index is -0.117. The van der Waals surface area contributed by atoms with Crippen LogP contribution in [0, 0.1) is 17.8 Å². The van der Waals surface area contributed by atoms with Gasteiger partial charge >= 0.3 is 5.97 Å². The molecule has 0 bridgehead atoms. The maximum atomic E-state index is 11.5. The quantitative estimate of drug-likeness (QED) is 0.579. The lowest BCUT2D eigenvalue weighted by Crippen LogP contribution is -2.34. The van der Waals surface area contributed by atoms with Crippen LogP contribution in [0.5, 0.6) is 0 Å². The molecule has 0 amide bonds. The summed E-state index contributed by atoms with van der Waals surface area (Å²) in [7, 11) is 0. The molecule has 19 heavy (non-hydrogen) atoms. The van der Waals surface area contributed by atoms with Crippen molar-refractivity contribution in [1.82, 2.24) is 4.90 Å². The fraction of sp³-hybridized carbons (Fsp3) is 0.812. The van der Waals surface area contributed by atoms with Crippen molar-refractivity contribution in [3.05, 3.63) is 0 Å². The van der Waals surface area contributed by atoms with Crippen LogP contribution < -0.4 is 0 Å². The summed E-state index contributed by atoms with van der Waals surface area (Å²) in [6, 6.07) is 0.270. The van der Waals surface area contributed by atoms with Crippen molar-refractivity contribution in [2.24, 2.45) is 5.92 Å². The van der Waals surface area contributed by atoms with Gasteiger partial charge in [0.2, 0.25) is 0 Å². The van der Waals surface area contributed by atoms with Gasteiger partial charge in [-0.15, -0.1) is 0 Å². The highest BCUT2D eigenvalue weighted by atomic mass is 16.5. The fourth-order valence-corrected chi connectivity index (χ4v) is 3.01. The maximum Gasteiger partial charge on any atom is 0.320 e. The zero-order valence-electron chi connectivity index (χ0n) is 12.0. The normalized spacial score (nSPS) is 24.8. The molecule has 0 aromatic rings. The van der Waals surface area contributed by atoms with Crippen molar-refractivity contribution in [3.8, 4) is 11.8 Å². The first-order chi connectivity index (χ1) is 9.29. The van der Waals surface area contributed by atoms with E-state index >= 15 is 0 Å². The Labute approximate surface area is 116 Å². The van der Waals surface area contributed by atoms with E-state index in [4.69, 9.17) is 4.74 Å². The van der Waals surface area contributed by atoms with Gasteiger partial charge in [0.25, 0.3) is 0 Å². The van der Waals surface area contributed by atoms with Crippen molar-refractivity contribution in [2.75, 3.05) is 19.7 Å². The monoisotopic (exact) mass is 263 g/mol. The van der Waals surface area contributed by atoms with Gasteiger partial charge in [-0.1, -0.05) is 31.1 Å². The van der Waals surface area contributed by atoms with Crippen molar-refractivity contribution in [3.63, 3.8) is 0 Å². The van der Waals surface area contributed by atoms with Crippen molar-refractivity contribution in [1.29, 1.82) is 0 Å². The lowest BCUT2D eigenvalue weighted by molar-refractivity contribution is -0.144. The van der Waals surface area contributed by atoms with Crippen LogP contribution in [0.1, 0.15) is 51.9 Å². The van der Waals surface area contributed by atoms with Gasteiger partial charge in [0.1, 0.15) is 0 Å². The fourth-order valence-electron chi connectivity index (χ4n) is 3.01. The summed E-state index contributed by atoms with van der Waals surface area (Å²) in [6.07, 6.45) is 8.79. The molecule has 1 heterocycles. The van der Waals surface area contributed by atoms with Gasteiger partial charge in [-0.3, -0.25) is 9.69 Å². The number of likely N-dealkylation sites (tertiary alicyclic amines) is 1. The molecule has 1 atom stereocenters. The van der Waals surface area contributed by atoms with Crippen LogP contribution >= 0.6 is 0 Å². The van der Waals surface area contributed by atoms with E-state index in [2.05, 4.69) is 16.7 Å². The third-order valence-corrected chi connectivity index (χ3v) is 4.06. The Morgan fingerprint density at radius 1 is 1.16 bits per heavy atom. The van der Waals surface area contributed by atoms with Gasteiger partial charge < -0.3 is 4.74 Å². The van der Waals surface area contributed by atoms with Crippen LogP contribution in [0.4, 0.5) is 0 Å². The van der Waals surface area contributed by atoms with Gasteiger partial charge in [0, 0.05) is 12.5 Å². The first-order valence-electron chi connectivity index (χ1n) is 7.70. The average molecular weight is 263 g/mol. The molecule has 1 aliphatic carbocycles. The molecule has 0 spiro atoms. The molecule has 1 saturated carbocycles. The molecular formula is C16H25NO2. The molecule has 0 radical (unpaired) electrons. The molecule has 3 heteroatoms. The van der Waals surface area contributed by atoms with Crippen LogP contribution in [0.3, 0.4) is 0 Å². The molecular weight excluding hydrogens is 238 g/mol. The summed E-state index contributed by atoms with van der Waals surface area (Å²) in [6.45, 7) is 3.69. The van der Waals surface area contributed by atoms with Crippen LogP contribution in [0.2, 0.25) is 0 Å². The summed E-state index contributed by atoms with van der Waals surface area (Å²) < 4.78 is 5.02. The lowest BCUT2D eigenvalue weighted by atomic mass is 9.89. The number of carbonyl (C=O) groups is 1. The summed E-state index contributed by atoms with van der Waals surface area (Å²) in [5.41, 5.74) is 0. The van der Waals surface area contributed by atoms with E-state index in [1.165, 1.54) is 32.1 Å². The Morgan fingerprint density at radius 2 is 1.95 bits per heavy atom. The van der Waals surface area contributed by atoms with Crippen molar-refractivity contribution in [2.45, 2.75) is 57.9 Å². The number of nitrogens with zero attached hydrogens (tertiary/aromatic N) is 1. The second kappa shape index (κ2) is 7.55. The molecule has 1 saturated heterocycles. The van der Waals surface area contributed by atoms with E-state index < -0.39 is 0 Å². The standard InChI is InChI=1S/C16H25NO2/c1-2-19-16(18)13-17-12-6-9-15(17)11-10-14-7-4-3-5-8-14/h14-15H,2-9,12-13H2,1H3. The van der Waals surface area contributed by atoms with Gasteiger partial charge in [-0.05, 0) is 32.6 Å². The highest BCUT2D eigenvalue weighted by molar-refractivity contribution is 5.71. The summed E-state index contributed by atoms with van der Waals surface area (Å²) in [5, 5.41) is 0. The first-order valence-corrected chi connectivity index (χ1v) is 7.70. The zero-order valence-corrected chi connectivity index (χ0v) is 12.0. The second-order valence-corrected chi connectivity index (χ2v) is 5.56. The molecule has 0 aromatic carbocycles. The highest BCUT2D eigenvalue weighted by Crippen LogP contribution is 2.23. The van der Waals surface area contributed by atoms with Gasteiger partial charge in [0.05, 0.1) is 19.2 Å². The van der Waals surface area contributed by atoms with E-state index in [0.717, 1.165) is 19.4 Å². The Morgan fingerprint density at radius 3 is 2.68 bits per heavy atom. The number of rotatable bonds is 3. The van der Waals surface area contributed by atoms with Gasteiger partial charge in [0.15, 0.2) is 0 Å². The Bertz CT molecular complexity index is 349. The number of carbonyl (C=O) groups excluding carboxylic acids is 1. The number of ether oxygens (including phenoxy) is 1. The molecule has 2 rings (SSSR count). The maximum absolute atomic E-state index is 11.5. The van der Waals surface area contributed by atoms with E-state index in [1.54, 1.807) is 0 Å². The predicted octanol–water partition coefficient (Wildman–Crippen LogP) is 2.60. The first kappa shape index (κ1) is 14.4. The highest BCUT2D eigenvalue weighted by Gasteiger charge is 2.25. The lowest BCUT2D eigenvalue weighted by Gasteiger charge is -2.20. The van der Waals surface area contributed by atoms with E-state index in [-0.39, 0.29) is 12.0 Å². The largest absolute Gasteiger partial charge is 0.465 e. The number of hydrogen-bond acceptors (Lipinski definition) is 3. The van der Waals surface area contributed by atoms with Gasteiger partial charge in [-0.25, -0.2) is 0 Å². The molecule has 106 valence electrons. The smallest absolute Gasteiger partial charge is 0.320 e. The minimum absolute atomic E-state index is 0.117. The third-order valence-electron chi connectivity index (χ3n) is 4.06. The third kappa shape index (κ3) is 4.54. The van der Waals surface area contributed by atoms with E-state index in [1.807, 2.05) is 6.92 Å². The summed E-state index contributed by atoms with van der Waals surface area (Å²) in [5.74, 6) is 7.35. The SMILES string of the molecule is CCOC(=O)CN1CCCC1C#CC1CCCCC1. The van der Waals surface area contributed by atoms with Crippen molar-refractivity contribution >= 4 is 5.97 Å². The molecule has 2 fully saturated rings. The molecule has 0 aromatic heterocycles. The summed E-state index contributed by atoms with van der Waals surface area (Å²) in [4.78, 5) is 13.7. The Kier molecular flexibility index (Phi) is 5.72. The van der Waals surface area contributed by atoms with Crippen LogP contribution in [-0.4, -0.2) is 36.6 Å². The molecule has 2 aliphatic rings.